The zero-order valence-electron chi connectivity index (χ0n) is 9.27. The summed E-state index contributed by atoms with van der Waals surface area (Å²) in [5.41, 5.74) is 6.79. The van der Waals surface area contributed by atoms with Crippen molar-refractivity contribution in [3.63, 3.8) is 0 Å². The smallest absolute Gasteiger partial charge is 0.213 e. The van der Waals surface area contributed by atoms with Gasteiger partial charge in [-0.05, 0) is 18.6 Å². The molecule has 0 amide bonds. The Hall–Kier alpha value is -1.13. The van der Waals surface area contributed by atoms with Crippen LogP contribution < -0.4 is 10.5 Å². The molecular weight excluding hydrogens is 192 g/mol. The minimum Gasteiger partial charge on any atom is -0.478 e. The number of aromatic nitrogens is 1. The van der Waals surface area contributed by atoms with Crippen molar-refractivity contribution in [1.29, 1.82) is 0 Å². The first-order valence-corrected chi connectivity index (χ1v) is 5.07. The second kappa shape index (κ2) is 6.37. The van der Waals surface area contributed by atoms with E-state index in [4.69, 9.17) is 15.2 Å². The first-order valence-electron chi connectivity index (χ1n) is 5.07. The predicted octanol–water partition coefficient (Wildman–Crippen LogP) is 1.52. The van der Waals surface area contributed by atoms with Crippen LogP contribution >= 0.6 is 0 Å². The fraction of sp³-hybridized carbons (Fsp3) is 0.545. The van der Waals surface area contributed by atoms with Crippen LogP contribution in [0.15, 0.2) is 18.3 Å². The van der Waals surface area contributed by atoms with Gasteiger partial charge >= 0.3 is 0 Å². The molecule has 84 valence electrons. The van der Waals surface area contributed by atoms with Gasteiger partial charge in [-0.3, -0.25) is 0 Å². The Balaban J connectivity index is 2.43. The van der Waals surface area contributed by atoms with Crippen LogP contribution in [-0.2, 0) is 4.74 Å². The van der Waals surface area contributed by atoms with Crippen LogP contribution in [0, 0.1) is 0 Å². The number of hydrogen-bond acceptors (Lipinski definition) is 4. The number of ether oxygens (including phenoxy) is 2. The average molecular weight is 210 g/mol. The van der Waals surface area contributed by atoms with Crippen LogP contribution in [0.4, 0.5) is 0 Å². The zero-order valence-corrected chi connectivity index (χ0v) is 9.27. The molecule has 4 nitrogen and oxygen atoms in total. The summed E-state index contributed by atoms with van der Waals surface area (Å²) >= 11 is 0. The summed E-state index contributed by atoms with van der Waals surface area (Å²) in [7, 11) is 1.68. The maximum Gasteiger partial charge on any atom is 0.213 e. The molecule has 0 unspecified atom stereocenters. The van der Waals surface area contributed by atoms with Crippen LogP contribution in [0.25, 0.3) is 0 Å². The molecule has 0 spiro atoms. The van der Waals surface area contributed by atoms with Crippen LogP contribution in [0.1, 0.15) is 24.9 Å². The molecule has 0 aliphatic rings. The van der Waals surface area contributed by atoms with Crippen LogP contribution in [0.2, 0.25) is 0 Å². The van der Waals surface area contributed by atoms with E-state index in [1.165, 1.54) is 0 Å². The minimum atomic E-state index is 0.00863. The average Bonchev–Trinajstić information content (AvgIpc) is 2.25. The Morgan fingerprint density at radius 3 is 2.93 bits per heavy atom. The van der Waals surface area contributed by atoms with Crippen molar-refractivity contribution >= 4 is 0 Å². The highest BCUT2D eigenvalue weighted by atomic mass is 16.5. The lowest BCUT2D eigenvalue weighted by atomic mass is 10.1. The van der Waals surface area contributed by atoms with Crippen molar-refractivity contribution in [1.82, 2.24) is 4.98 Å². The molecule has 0 aliphatic carbocycles. The first kappa shape index (κ1) is 11.9. The molecule has 4 heteroatoms. The topological polar surface area (TPSA) is 57.4 Å². The normalized spacial score (nSPS) is 12.5. The summed E-state index contributed by atoms with van der Waals surface area (Å²) in [5, 5.41) is 0. The number of methoxy groups -OCH3 is 1. The SMILES string of the molecule is COCCCOc1cc([C@@H](C)N)ccn1. The van der Waals surface area contributed by atoms with Gasteiger partial charge in [0, 0.05) is 38.4 Å². The Morgan fingerprint density at radius 1 is 1.47 bits per heavy atom. The molecule has 15 heavy (non-hydrogen) atoms. The number of nitrogens with zero attached hydrogens (tertiary/aromatic N) is 1. The monoisotopic (exact) mass is 210 g/mol. The third-order valence-corrected chi connectivity index (χ3v) is 2.03. The van der Waals surface area contributed by atoms with Gasteiger partial charge in [0.2, 0.25) is 5.88 Å². The van der Waals surface area contributed by atoms with E-state index in [1.807, 2.05) is 19.1 Å². The summed E-state index contributed by atoms with van der Waals surface area (Å²) < 4.78 is 10.4. The second-order valence-electron chi connectivity index (χ2n) is 3.41. The summed E-state index contributed by atoms with van der Waals surface area (Å²) in [6.07, 6.45) is 2.57. The molecule has 1 atom stereocenters. The molecule has 0 fully saturated rings. The Morgan fingerprint density at radius 2 is 2.27 bits per heavy atom. The number of pyridine rings is 1. The third-order valence-electron chi connectivity index (χ3n) is 2.03. The number of rotatable bonds is 6. The molecule has 0 aromatic carbocycles. The summed E-state index contributed by atoms with van der Waals surface area (Å²) in [6, 6.07) is 3.78. The molecule has 0 aliphatic heterocycles. The fourth-order valence-corrected chi connectivity index (χ4v) is 1.17. The Kier molecular flexibility index (Phi) is 5.07. The van der Waals surface area contributed by atoms with Gasteiger partial charge in [-0.15, -0.1) is 0 Å². The summed E-state index contributed by atoms with van der Waals surface area (Å²) in [6.45, 7) is 3.25. The zero-order chi connectivity index (χ0) is 11.1. The molecule has 1 aromatic heterocycles. The molecule has 0 bridgehead atoms. The van der Waals surface area contributed by atoms with E-state index >= 15 is 0 Å². The predicted molar refractivity (Wildman–Crippen MR) is 58.8 cm³/mol. The molecule has 1 aromatic rings. The van der Waals surface area contributed by atoms with E-state index in [0.717, 1.165) is 12.0 Å². The maximum absolute atomic E-state index is 5.76. The lowest BCUT2D eigenvalue weighted by molar-refractivity contribution is 0.170. The van der Waals surface area contributed by atoms with Crippen molar-refractivity contribution in [2.45, 2.75) is 19.4 Å². The van der Waals surface area contributed by atoms with Gasteiger partial charge in [0.15, 0.2) is 0 Å². The first-order chi connectivity index (χ1) is 7.24. The van der Waals surface area contributed by atoms with E-state index in [2.05, 4.69) is 4.98 Å². The summed E-state index contributed by atoms with van der Waals surface area (Å²) in [4.78, 5) is 4.10. The second-order valence-corrected chi connectivity index (χ2v) is 3.41. The van der Waals surface area contributed by atoms with E-state index < -0.39 is 0 Å². The Bertz CT molecular complexity index is 290. The lowest BCUT2D eigenvalue weighted by Gasteiger charge is -2.08. The maximum atomic E-state index is 5.76. The third kappa shape index (κ3) is 4.27. The Labute approximate surface area is 90.4 Å². The van der Waals surface area contributed by atoms with Crippen molar-refractivity contribution in [3.8, 4) is 5.88 Å². The van der Waals surface area contributed by atoms with Crippen molar-refractivity contribution < 1.29 is 9.47 Å². The quantitative estimate of drug-likeness (QED) is 0.723. The molecule has 1 rings (SSSR count). The van der Waals surface area contributed by atoms with Gasteiger partial charge in [0.1, 0.15) is 0 Å². The molecule has 2 N–H and O–H groups in total. The van der Waals surface area contributed by atoms with E-state index in [9.17, 15) is 0 Å². The van der Waals surface area contributed by atoms with Crippen molar-refractivity contribution in [3.05, 3.63) is 23.9 Å². The van der Waals surface area contributed by atoms with Gasteiger partial charge in [-0.1, -0.05) is 0 Å². The van der Waals surface area contributed by atoms with Gasteiger partial charge in [-0.2, -0.15) is 0 Å². The summed E-state index contributed by atoms with van der Waals surface area (Å²) in [5.74, 6) is 0.626. The van der Waals surface area contributed by atoms with E-state index in [0.29, 0.717) is 19.1 Å². The lowest BCUT2D eigenvalue weighted by Crippen LogP contribution is -2.07. The highest BCUT2D eigenvalue weighted by Gasteiger charge is 2.01. The van der Waals surface area contributed by atoms with E-state index in [-0.39, 0.29) is 6.04 Å². The molecule has 1 heterocycles. The van der Waals surface area contributed by atoms with Crippen molar-refractivity contribution in [2.24, 2.45) is 5.73 Å². The van der Waals surface area contributed by atoms with Gasteiger partial charge < -0.3 is 15.2 Å². The number of nitrogens with two attached hydrogens (primary N) is 1. The van der Waals surface area contributed by atoms with Crippen molar-refractivity contribution in [2.75, 3.05) is 20.3 Å². The van der Waals surface area contributed by atoms with Gasteiger partial charge in [0.25, 0.3) is 0 Å². The standard InChI is InChI=1S/C11H18N2O2/c1-9(12)10-4-5-13-11(8-10)15-7-3-6-14-2/h4-5,8-9H,3,6-7,12H2,1-2H3/t9-/m1/s1. The fourth-order valence-electron chi connectivity index (χ4n) is 1.17. The van der Waals surface area contributed by atoms with Crippen LogP contribution in [0.5, 0.6) is 5.88 Å². The van der Waals surface area contributed by atoms with Crippen LogP contribution in [-0.4, -0.2) is 25.3 Å². The van der Waals surface area contributed by atoms with Gasteiger partial charge in [-0.25, -0.2) is 4.98 Å². The highest BCUT2D eigenvalue weighted by molar-refractivity contribution is 5.22. The molecule has 0 saturated carbocycles. The highest BCUT2D eigenvalue weighted by Crippen LogP contribution is 2.14. The van der Waals surface area contributed by atoms with Crippen LogP contribution in [0.3, 0.4) is 0 Å². The molecular formula is C11H18N2O2. The van der Waals surface area contributed by atoms with E-state index in [1.54, 1.807) is 13.3 Å². The minimum absolute atomic E-state index is 0.00863. The molecule has 0 saturated heterocycles. The molecule has 0 radical (unpaired) electrons. The number of hydrogen-bond donors (Lipinski definition) is 1. The largest absolute Gasteiger partial charge is 0.478 e. The van der Waals surface area contributed by atoms with Gasteiger partial charge in [0.05, 0.1) is 6.61 Å².